The van der Waals surface area contributed by atoms with Crippen LogP contribution in [0.15, 0.2) is 91.0 Å². The summed E-state index contributed by atoms with van der Waals surface area (Å²) >= 11 is 0. The van der Waals surface area contributed by atoms with E-state index in [9.17, 15) is 4.79 Å². The van der Waals surface area contributed by atoms with Gasteiger partial charge in [0.15, 0.2) is 5.60 Å². The average Bonchev–Trinajstić information content (AvgIpc) is 3.02. The second-order valence-corrected chi connectivity index (χ2v) is 6.11. The summed E-state index contributed by atoms with van der Waals surface area (Å²) in [6.07, 6.45) is 0.383. The highest BCUT2D eigenvalue weighted by molar-refractivity contribution is 5.76. The van der Waals surface area contributed by atoms with E-state index in [1.165, 1.54) is 0 Å². The third-order valence-corrected chi connectivity index (χ3v) is 4.74. The Hall–Kier alpha value is -2.87. The second-order valence-electron chi connectivity index (χ2n) is 6.11. The van der Waals surface area contributed by atoms with Crippen LogP contribution >= 0.6 is 0 Å². The molecule has 1 atom stereocenters. The van der Waals surface area contributed by atoms with Crippen molar-refractivity contribution in [1.29, 1.82) is 0 Å². The molecule has 4 rings (SSSR count). The largest absolute Gasteiger partial charge is 0.449 e. The molecule has 1 aliphatic heterocycles. The summed E-state index contributed by atoms with van der Waals surface area (Å²) in [4.78, 5) is 12.4. The summed E-state index contributed by atoms with van der Waals surface area (Å²) in [5.74, 6) is -0.201. The molecule has 0 N–H and O–H groups in total. The number of benzene rings is 3. The lowest BCUT2D eigenvalue weighted by Gasteiger charge is -2.35. The number of rotatable bonds is 3. The van der Waals surface area contributed by atoms with Crippen LogP contribution in [-0.4, -0.2) is 5.97 Å². The molecule has 0 bridgehead atoms. The van der Waals surface area contributed by atoms with Crippen molar-refractivity contribution in [3.8, 4) is 0 Å². The van der Waals surface area contributed by atoms with Crippen LogP contribution in [0.1, 0.15) is 29.0 Å². The van der Waals surface area contributed by atoms with Crippen molar-refractivity contribution in [1.82, 2.24) is 0 Å². The Bertz CT molecular complexity index is 786. The van der Waals surface area contributed by atoms with E-state index in [2.05, 4.69) is 12.1 Å². The maximum Gasteiger partial charge on any atom is 0.307 e. The summed E-state index contributed by atoms with van der Waals surface area (Å²) < 4.78 is 6.05. The first kappa shape index (κ1) is 14.7. The Kier molecular flexibility index (Phi) is 3.66. The van der Waals surface area contributed by atoms with Gasteiger partial charge in [0, 0.05) is 17.0 Å². The van der Waals surface area contributed by atoms with Gasteiger partial charge in [-0.15, -0.1) is 0 Å². The number of cyclic esters (lactones) is 1. The van der Waals surface area contributed by atoms with Crippen LogP contribution in [0.4, 0.5) is 0 Å². The van der Waals surface area contributed by atoms with Crippen LogP contribution in [0, 0.1) is 0 Å². The van der Waals surface area contributed by atoms with Gasteiger partial charge in [-0.05, 0) is 5.56 Å². The molecule has 3 aromatic rings. The van der Waals surface area contributed by atoms with Crippen LogP contribution in [-0.2, 0) is 15.1 Å². The van der Waals surface area contributed by atoms with Gasteiger partial charge in [0.2, 0.25) is 0 Å². The lowest BCUT2D eigenvalue weighted by molar-refractivity contribution is -0.146. The quantitative estimate of drug-likeness (QED) is 0.657. The van der Waals surface area contributed by atoms with Gasteiger partial charge >= 0.3 is 5.97 Å². The molecule has 2 nitrogen and oxygen atoms in total. The lowest BCUT2D eigenvalue weighted by atomic mass is 9.73. The van der Waals surface area contributed by atoms with Crippen molar-refractivity contribution in [3.05, 3.63) is 108 Å². The monoisotopic (exact) mass is 314 g/mol. The summed E-state index contributed by atoms with van der Waals surface area (Å²) in [6.45, 7) is 0. The standard InChI is InChI=1S/C22H18O2/c23-21-16-20(17-10-4-1-5-11-17)22(24-21,18-12-6-2-7-13-18)19-14-8-3-9-15-19/h1-15,20H,16H2/t20-/m1/s1. The number of hydrogen-bond acceptors (Lipinski definition) is 2. The minimum absolute atomic E-state index is 0.0454. The topological polar surface area (TPSA) is 26.3 Å². The van der Waals surface area contributed by atoms with Crippen molar-refractivity contribution in [2.45, 2.75) is 17.9 Å². The molecular weight excluding hydrogens is 296 g/mol. The molecule has 0 saturated carbocycles. The summed E-state index contributed by atoms with van der Waals surface area (Å²) in [5, 5.41) is 0. The molecule has 0 aliphatic carbocycles. The van der Waals surface area contributed by atoms with Crippen molar-refractivity contribution in [2.75, 3.05) is 0 Å². The van der Waals surface area contributed by atoms with E-state index in [0.717, 1.165) is 16.7 Å². The molecular formula is C22H18O2. The number of ether oxygens (including phenoxy) is 1. The molecule has 0 unspecified atom stereocenters. The Balaban J connectivity index is 1.97. The smallest absolute Gasteiger partial charge is 0.307 e. The van der Waals surface area contributed by atoms with E-state index in [-0.39, 0.29) is 11.9 Å². The van der Waals surface area contributed by atoms with Crippen LogP contribution < -0.4 is 0 Å². The number of hydrogen-bond donors (Lipinski definition) is 0. The van der Waals surface area contributed by atoms with E-state index < -0.39 is 5.60 Å². The molecule has 0 aromatic heterocycles. The molecule has 1 fully saturated rings. The Labute approximate surface area is 141 Å². The zero-order valence-corrected chi connectivity index (χ0v) is 13.3. The molecule has 0 amide bonds. The summed E-state index contributed by atoms with van der Waals surface area (Å²) in [6, 6.07) is 30.3. The Morgan fingerprint density at radius 3 is 1.67 bits per heavy atom. The van der Waals surface area contributed by atoms with E-state index in [4.69, 9.17) is 4.74 Å². The molecule has 118 valence electrons. The third-order valence-electron chi connectivity index (χ3n) is 4.74. The minimum Gasteiger partial charge on any atom is -0.449 e. The fourth-order valence-electron chi connectivity index (χ4n) is 3.70. The molecule has 24 heavy (non-hydrogen) atoms. The SMILES string of the molecule is O=C1C[C@H](c2ccccc2)C(c2ccccc2)(c2ccccc2)O1. The van der Waals surface area contributed by atoms with Gasteiger partial charge in [-0.2, -0.15) is 0 Å². The summed E-state index contributed by atoms with van der Waals surface area (Å²) in [5.41, 5.74) is 2.36. The highest BCUT2D eigenvalue weighted by Gasteiger charge is 2.52. The molecule has 2 heteroatoms. The zero-order valence-electron chi connectivity index (χ0n) is 13.3. The third kappa shape index (κ3) is 2.31. The van der Waals surface area contributed by atoms with E-state index in [0.29, 0.717) is 6.42 Å². The fraction of sp³-hybridized carbons (Fsp3) is 0.136. The van der Waals surface area contributed by atoms with Crippen molar-refractivity contribution in [2.24, 2.45) is 0 Å². The van der Waals surface area contributed by atoms with Crippen molar-refractivity contribution in [3.63, 3.8) is 0 Å². The lowest BCUT2D eigenvalue weighted by Crippen LogP contribution is -2.33. The normalized spacial score (nSPS) is 19.0. The molecule has 0 spiro atoms. The van der Waals surface area contributed by atoms with E-state index in [1.54, 1.807) is 0 Å². The van der Waals surface area contributed by atoms with Crippen LogP contribution in [0.5, 0.6) is 0 Å². The molecule has 1 aliphatic rings. The maximum atomic E-state index is 12.4. The zero-order chi connectivity index (χ0) is 16.4. The number of carbonyl (C=O) groups is 1. The summed E-state index contributed by atoms with van der Waals surface area (Å²) in [7, 11) is 0. The molecule has 3 aromatic carbocycles. The predicted molar refractivity (Wildman–Crippen MR) is 93.6 cm³/mol. The van der Waals surface area contributed by atoms with Gasteiger partial charge < -0.3 is 4.74 Å². The van der Waals surface area contributed by atoms with Gasteiger partial charge in [-0.3, -0.25) is 4.79 Å². The highest BCUT2D eigenvalue weighted by atomic mass is 16.6. The van der Waals surface area contributed by atoms with Crippen molar-refractivity contribution < 1.29 is 9.53 Å². The first-order chi connectivity index (χ1) is 11.8. The molecule has 1 saturated heterocycles. The van der Waals surface area contributed by atoms with Gasteiger partial charge in [0.1, 0.15) is 0 Å². The predicted octanol–water partition coefficient (Wildman–Crippen LogP) is 4.66. The van der Waals surface area contributed by atoms with Crippen LogP contribution in [0.2, 0.25) is 0 Å². The highest BCUT2D eigenvalue weighted by Crippen LogP contribution is 2.51. The van der Waals surface area contributed by atoms with Crippen LogP contribution in [0.3, 0.4) is 0 Å². The maximum absolute atomic E-state index is 12.4. The van der Waals surface area contributed by atoms with Gasteiger partial charge in [-0.1, -0.05) is 91.0 Å². The van der Waals surface area contributed by atoms with Gasteiger partial charge in [0.05, 0.1) is 6.42 Å². The fourth-order valence-corrected chi connectivity index (χ4v) is 3.70. The molecule has 0 radical (unpaired) electrons. The van der Waals surface area contributed by atoms with E-state index >= 15 is 0 Å². The number of esters is 1. The van der Waals surface area contributed by atoms with Gasteiger partial charge in [-0.25, -0.2) is 0 Å². The van der Waals surface area contributed by atoms with E-state index in [1.807, 2.05) is 78.9 Å². The van der Waals surface area contributed by atoms with Crippen LogP contribution in [0.25, 0.3) is 0 Å². The number of carbonyl (C=O) groups excluding carboxylic acids is 1. The first-order valence-corrected chi connectivity index (χ1v) is 8.18. The Morgan fingerprint density at radius 1 is 0.708 bits per heavy atom. The minimum atomic E-state index is -0.777. The molecule has 1 heterocycles. The van der Waals surface area contributed by atoms with Gasteiger partial charge in [0.25, 0.3) is 0 Å². The first-order valence-electron chi connectivity index (χ1n) is 8.18. The second kappa shape index (κ2) is 5.97. The van der Waals surface area contributed by atoms with Crippen molar-refractivity contribution >= 4 is 5.97 Å². The average molecular weight is 314 g/mol. The Morgan fingerprint density at radius 2 is 1.17 bits per heavy atom.